The maximum Gasteiger partial charge on any atom is 0.400 e. The summed E-state index contributed by atoms with van der Waals surface area (Å²) in [5, 5.41) is 0. The fraction of sp³-hybridized carbons (Fsp3) is 0.474. The van der Waals surface area contributed by atoms with Gasteiger partial charge in [-0.15, -0.1) is 0 Å². The number of anilines is 1. The zero-order valence-electron chi connectivity index (χ0n) is 14.8. The minimum absolute atomic E-state index is 0.00544. The Morgan fingerprint density at radius 1 is 1.04 bits per heavy atom. The number of benzene rings is 1. The van der Waals surface area contributed by atoms with Crippen LogP contribution in [-0.4, -0.2) is 35.3 Å². The second kappa shape index (κ2) is 6.86. The Labute approximate surface area is 158 Å². The standard InChI is InChI=1S/C19H18F5N3O/c20-12-1-2-15(14(21)9-12)28-13-3-7-27(8-4-13)17-11-25-16(10-26-17)18(5-6-18)19(22,23)24/h1-2,9-11,13H,3-8H2. The van der Waals surface area contributed by atoms with Crippen LogP contribution in [0.4, 0.5) is 27.8 Å². The molecule has 4 nitrogen and oxygen atoms in total. The van der Waals surface area contributed by atoms with E-state index in [1.807, 2.05) is 4.90 Å². The predicted molar refractivity (Wildman–Crippen MR) is 91.2 cm³/mol. The molecule has 1 saturated heterocycles. The van der Waals surface area contributed by atoms with Crippen molar-refractivity contribution in [3.63, 3.8) is 0 Å². The van der Waals surface area contributed by atoms with Crippen LogP contribution in [0.1, 0.15) is 31.4 Å². The maximum atomic E-state index is 13.7. The Balaban J connectivity index is 1.36. The van der Waals surface area contributed by atoms with Crippen molar-refractivity contribution in [1.82, 2.24) is 9.97 Å². The van der Waals surface area contributed by atoms with Gasteiger partial charge in [-0.2, -0.15) is 13.2 Å². The molecule has 2 heterocycles. The largest absolute Gasteiger partial charge is 0.487 e. The third-order valence-electron chi connectivity index (χ3n) is 5.37. The molecule has 1 aromatic heterocycles. The molecule has 1 aliphatic carbocycles. The highest BCUT2D eigenvalue weighted by molar-refractivity contribution is 5.38. The molecule has 28 heavy (non-hydrogen) atoms. The van der Waals surface area contributed by atoms with Gasteiger partial charge < -0.3 is 9.64 Å². The molecule has 0 N–H and O–H groups in total. The molecular weight excluding hydrogens is 381 g/mol. The topological polar surface area (TPSA) is 38.2 Å². The quantitative estimate of drug-likeness (QED) is 0.715. The van der Waals surface area contributed by atoms with E-state index in [1.54, 1.807) is 0 Å². The summed E-state index contributed by atoms with van der Waals surface area (Å²) in [5.74, 6) is -0.901. The van der Waals surface area contributed by atoms with E-state index in [4.69, 9.17) is 4.74 Å². The number of rotatable bonds is 4. The minimum Gasteiger partial charge on any atom is -0.487 e. The molecule has 0 radical (unpaired) electrons. The van der Waals surface area contributed by atoms with Crippen LogP contribution in [0.15, 0.2) is 30.6 Å². The van der Waals surface area contributed by atoms with Crippen LogP contribution in [0.2, 0.25) is 0 Å². The van der Waals surface area contributed by atoms with Crippen LogP contribution in [0.25, 0.3) is 0 Å². The molecule has 4 rings (SSSR count). The van der Waals surface area contributed by atoms with Gasteiger partial charge in [0, 0.05) is 32.0 Å². The number of hydrogen-bond donors (Lipinski definition) is 0. The molecule has 0 bridgehead atoms. The van der Waals surface area contributed by atoms with E-state index in [-0.39, 0.29) is 30.4 Å². The lowest BCUT2D eigenvalue weighted by molar-refractivity contribution is -0.161. The van der Waals surface area contributed by atoms with Gasteiger partial charge in [0.05, 0.1) is 18.1 Å². The lowest BCUT2D eigenvalue weighted by Crippen LogP contribution is -2.39. The number of hydrogen-bond acceptors (Lipinski definition) is 4. The van der Waals surface area contributed by atoms with Crippen LogP contribution < -0.4 is 9.64 Å². The summed E-state index contributed by atoms with van der Waals surface area (Å²) in [7, 11) is 0. The normalized spacial score (nSPS) is 19.5. The maximum absolute atomic E-state index is 13.7. The Hall–Kier alpha value is -2.45. The molecule has 0 spiro atoms. The van der Waals surface area contributed by atoms with Crippen LogP contribution in [-0.2, 0) is 5.41 Å². The average molecular weight is 399 g/mol. The molecule has 1 aromatic carbocycles. The van der Waals surface area contributed by atoms with E-state index < -0.39 is 23.2 Å². The van der Waals surface area contributed by atoms with Gasteiger partial charge in [-0.1, -0.05) is 0 Å². The summed E-state index contributed by atoms with van der Waals surface area (Å²) in [5.41, 5.74) is -1.87. The SMILES string of the molecule is Fc1ccc(OC2CCN(c3cnc(C4(C(F)(F)F)CC4)cn3)CC2)c(F)c1. The first-order valence-electron chi connectivity index (χ1n) is 9.04. The van der Waals surface area contributed by atoms with Gasteiger partial charge in [-0.25, -0.2) is 13.8 Å². The van der Waals surface area contributed by atoms with Crippen molar-refractivity contribution in [3.05, 3.63) is 47.9 Å². The Morgan fingerprint density at radius 3 is 2.29 bits per heavy atom. The van der Waals surface area contributed by atoms with Crippen LogP contribution in [0, 0.1) is 11.6 Å². The second-order valence-electron chi connectivity index (χ2n) is 7.22. The number of nitrogens with zero attached hydrogens (tertiary/aromatic N) is 3. The van der Waals surface area contributed by atoms with E-state index in [9.17, 15) is 22.0 Å². The Kier molecular flexibility index (Phi) is 4.63. The van der Waals surface area contributed by atoms with E-state index in [1.165, 1.54) is 18.5 Å². The van der Waals surface area contributed by atoms with Gasteiger partial charge in [-0.05, 0) is 25.0 Å². The second-order valence-corrected chi connectivity index (χ2v) is 7.22. The number of aromatic nitrogens is 2. The zero-order valence-corrected chi connectivity index (χ0v) is 14.8. The fourth-order valence-corrected chi connectivity index (χ4v) is 3.49. The molecule has 0 unspecified atom stereocenters. The van der Waals surface area contributed by atoms with Crippen molar-refractivity contribution < 1.29 is 26.7 Å². The number of halogens is 5. The first kappa shape index (κ1) is 18.9. The summed E-state index contributed by atoms with van der Waals surface area (Å²) < 4.78 is 71.8. The first-order valence-corrected chi connectivity index (χ1v) is 9.04. The first-order chi connectivity index (χ1) is 13.3. The third kappa shape index (κ3) is 3.49. The number of alkyl halides is 3. The van der Waals surface area contributed by atoms with E-state index in [2.05, 4.69) is 9.97 Å². The van der Waals surface area contributed by atoms with Crippen LogP contribution >= 0.6 is 0 Å². The summed E-state index contributed by atoms with van der Waals surface area (Å²) in [6, 6.07) is 3.17. The molecule has 1 aliphatic heterocycles. The molecule has 0 amide bonds. The number of piperidine rings is 1. The lowest BCUT2D eigenvalue weighted by atomic mass is 10.0. The summed E-state index contributed by atoms with van der Waals surface area (Å²) in [6.45, 7) is 1.10. The van der Waals surface area contributed by atoms with E-state index in [0.717, 1.165) is 12.1 Å². The molecule has 150 valence electrons. The van der Waals surface area contributed by atoms with Crippen molar-refractivity contribution in [2.45, 2.75) is 43.4 Å². The zero-order chi connectivity index (χ0) is 19.9. The van der Waals surface area contributed by atoms with Crippen LogP contribution in [0.3, 0.4) is 0 Å². The average Bonchev–Trinajstić information content (AvgIpc) is 3.47. The van der Waals surface area contributed by atoms with Crippen molar-refractivity contribution in [2.24, 2.45) is 0 Å². The molecule has 0 atom stereocenters. The Bertz CT molecular complexity index is 844. The Morgan fingerprint density at radius 2 is 1.75 bits per heavy atom. The van der Waals surface area contributed by atoms with Crippen molar-refractivity contribution in [3.8, 4) is 5.75 Å². The van der Waals surface area contributed by atoms with E-state index >= 15 is 0 Å². The third-order valence-corrected chi connectivity index (χ3v) is 5.37. The fourth-order valence-electron chi connectivity index (χ4n) is 3.49. The summed E-state index contributed by atoms with van der Waals surface area (Å²) in [4.78, 5) is 10.1. The highest BCUT2D eigenvalue weighted by Gasteiger charge is 2.65. The van der Waals surface area contributed by atoms with Gasteiger partial charge in [0.15, 0.2) is 11.6 Å². The van der Waals surface area contributed by atoms with Crippen LogP contribution in [0.5, 0.6) is 5.75 Å². The van der Waals surface area contributed by atoms with Gasteiger partial charge in [0.1, 0.15) is 23.2 Å². The van der Waals surface area contributed by atoms with E-state index in [0.29, 0.717) is 31.7 Å². The van der Waals surface area contributed by atoms with Crippen molar-refractivity contribution in [1.29, 1.82) is 0 Å². The molecule has 2 aromatic rings. The van der Waals surface area contributed by atoms with Gasteiger partial charge >= 0.3 is 6.18 Å². The van der Waals surface area contributed by atoms with Gasteiger partial charge in [-0.3, -0.25) is 4.98 Å². The molecular formula is C19H18F5N3O. The monoisotopic (exact) mass is 399 g/mol. The smallest absolute Gasteiger partial charge is 0.400 e. The highest BCUT2D eigenvalue weighted by Crippen LogP contribution is 2.58. The van der Waals surface area contributed by atoms with Crippen molar-refractivity contribution in [2.75, 3.05) is 18.0 Å². The van der Waals surface area contributed by atoms with Gasteiger partial charge in [0.2, 0.25) is 0 Å². The molecule has 2 fully saturated rings. The van der Waals surface area contributed by atoms with Gasteiger partial charge in [0.25, 0.3) is 0 Å². The highest BCUT2D eigenvalue weighted by atomic mass is 19.4. The molecule has 2 aliphatic rings. The lowest BCUT2D eigenvalue weighted by Gasteiger charge is -2.33. The van der Waals surface area contributed by atoms with Crippen molar-refractivity contribution >= 4 is 5.82 Å². The predicted octanol–water partition coefficient (Wildman–Crippen LogP) is 4.40. The molecule has 1 saturated carbocycles. The summed E-state index contributed by atoms with van der Waals surface area (Å²) in [6.07, 6.45) is -0.703. The molecule has 9 heteroatoms. The number of ether oxygens (including phenoxy) is 1. The summed E-state index contributed by atoms with van der Waals surface area (Å²) >= 11 is 0. The minimum atomic E-state index is -4.31.